The summed E-state index contributed by atoms with van der Waals surface area (Å²) in [4.78, 5) is 0. The molecule has 1 aliphatic carbocycles. The molecule has 0 nitrogen and oxygen atoms in total. The van der Waals surface area contributed by atoms with Crippen LogP contribution in [0.15, 0.2) is 23.3 Å². The quantitative estimate of drug-likeness (QED) is 0.576. The molecule has 0 aromatic heterocycles. The van der Waals surface area contributed by atoms with Gasteiger partial charge in [0.15, 0.2) is 0 Å². The molecule has 0 N–H and O–H groups in total. The van der Waals surface area contributed by atoms with E-state index in [2.05, 4.69) is 32.9 Å². The zero-order valence-electron chi connectivity index (χ0n) is 8.56. The first kappa shape index (κ1) is 9.57. The van der Waals surface area contributed by atoms with Crippen molar-refractivity contribution in [1.82, 2.24) is 0 Å². The minimum absolute atomic E-state index is 0.894. The Bertz CT molecular complexity index is 196. The number of rotatable bonds is 2. The molecule has 0 aromatic carbocycles. The topological polar surface area (TPSA) is 0 Å². The van der Waals surface area contributed by atoms with Crippen LogP contribution >= 0.6 is 0 Å². The highest BCUT2D eigenvalue weighted by atomic mass is 14.2. The zero-order valence-corrected chi connectivity index (χ0v) is 8.56. The predicted octanol–water partition coefficient (Wildman–Crippen LogP) is 4.09. The minimum atomic E-state index is 0.894. The largest absolute Gasteiger partial charge is 0.0845 e. The van der Waals surface area contributed by atoms with Crippen molar-refractivity contribution in [3.8, 4) is 0 Å². The second-order valence-electron chi connectivity index (χ2n) is 3.96. The Balaban J connectivity index is 2.64. The van der Waals surface area contributed by atoms with Gasteiger partial charge in [0.25, 0.3) is 0 Å². The van der Waals surface area contributed by atoms with Gasteiger partial charge >= 0.3 is 0 Å². The molecule has 0 radical (unpaired) electrons. The molecule has 0 spiro atoms. The molecule has 68 valence electrons. The monoisotopic (exact) mass is 164 g/mol. The molecule has 0 heterocycles. The van der Waals surface area contributed by atoms with E-state index in [1.807, 2.05) is 0 Å². The average Bonchev–Trinajstić information content (AvgIpc) is 2.07. The second kappa shape index (κ2) is 4.49. The van der Waals surface area contributed by atoms with Crippen molar-refractivity contribution >= 4 is 0 Å². The Morgan fingerprint density at radius 3 is 2.92 bits per heavy atom. The van der Waals surface area contributed by atoms with Gasteiger partial charge in [0.2, 0.25) is 0 Å². The van der Waals surface area contributed by atoms with Gasteiger partial charge in [-0.1, -0.05) is 31.6 Å². The van der Waals surface area contributed by atoms with E-state index in [1.54, 1.807) is 11.1 Å². The molecule has 1 unspecified atom stereocenters. The molecular formula is C12H20. The van der Waals surface area contributed by atoms with E-state index in [-0.39, 0.29) is 0 Å². The van der Waals surface area contributed by atoms with Crippen molar-refractivity contribution in [2.24, 2.45) is 5.92 Å². The Kier molecular flexibility index (Phi) is 3.58. The van der Waals surface area contributed by atoms with Gasteiger partial charge in [0.05, 0.1) is 0 Å². The summed E-state index contributed by atoms with van der Waals surface area (Å²) < 4.78 is 0. The summed E-state index contributed by atoms with van der Waals surface area (Å²) in [6, 6.07) is 0. The molecule has 0 heteroatoms. The lowest BCUT2D eigenvalue weighted by Gasteiger charge is -2.20. The Labute approximate surface area is 76.4 Å². The molecule has 0 bridgehead atoms. The summed E-state index contributed by atoms with van der Waals surface area (Å²) in [5.41, 5.74) is 3.20. The SMILES string of the molecule is CC/C=C\C1=C(C)CCC(C)C1. The maximum absolute atomic E-state index is 2.35. The summed E-state index contributed by atoms with van der Waals surface area (Å²) in [6.45, 7) is 6.83. The van der Waals surface area contributed by atoms with Crippen molar-refractivity contribution in [2.75, 3.05) is 0 Å². The smallest absolute Gasteiger partial charge is 0.0254 e. The van der Waals surface area contributed by atoms with E-state index in [9.17, 15) is 0 Å². The highest BCUT2D eigenvalue weighted by molar-refractivity contribution is 5.26. The lowest BCUT2D eigenvalue weighted by Crippen LogP contribution is -2.04. The van der Waals surface area contributed by atoms with E-state index in [0.29, 0.717) is 0 Å². The third-order valence-corrected chi connectivity index (χ3v) is 2.68. The average molecular weight is 164 g/mol. The van der Waals surface area contributed by atoms with Crippen molar-refractivity contribution in [2.45, 2.75) is 46.5 Å². The minimum Gasteiger partial charge on any atom is -0.0845 e. The Hall–Kier alpha value is -0.520. The first-order valence-electron chi connectivity index (χ1n) is 5.09. The van der Waals surface area contributed by atoms with Gasteiger partial charge in [-0.05, 0) is 44.1 Å². The van der Waals surface area contributed by atoms with E-state index < -0.39 is 0 Å². The normalized spacial score (nSPS) is 25.4. The van der Waals surface area contributed by atoms with E-state index in [0.717, 1.165) is 12.3 Å². The van der Waals surface area contributed by atoms with Crippen molar-refractivity contribution < 1.29 is 0 Å². The molecule has 12 heavy (non-hydrogen) atoms. The van der Waals surface area contributed by atoms with Crippen molar-refractivity contribution in [3.63, 3.8) is 0 Å². The van der Waals surface area contributed by atoms with Gasteiger partial charge in [-0.25, -0.2) is 0 Å². The van der Waals surface area contributed by atoms with Crippen LogP contribution in [-0.2, 0) is 0 Å². The summed E-state index contributed by atoms with van der Waals surface area (Å²) in [6.07, 6.45) is 9.75. The molecule has 1 aliphatic rings. The fraction of sp³-hybridized carbons (Fsp3) is 0.667. The molecule has 0 aromatic rings. The molecule has 0 aliphatic heterocycles. The maximum atomic E-state index is 2.35. The Morgan fingerprint density at radius 2 is 2.25 bits per heavy atom. The summed E-state index contributed by atoms with van der Waals surface area (Å²) >= 11 is 0. The molecular weight excluding hydrogens is 144 g/mol. The van der Waals surface area contributed by atoms with Crippen LogP contribution in [0.4, 0.5) is 0 Å². The highest BCUT2D eigenvalue weighted by Crippen LogP contribution is 2.29. The second-order valence-corrected chi connectivity index (χ2v) is 3.96. The fourth-order valence-corrected chi connectivity index (χ4v) is 1.75. The lowest BCUT2D eigenvalue weighted by atomic mass is 9.85. The Morgan fingerprint density at radius 1 is 1.50 bits per heavy atom. The van der Waals surface area contributed by atoms with Gasteiger partial charge in [0.1, 0.15) is 0 Å². The van der Waals surface area contributed by atoms with Gasteiger partial charge in [0, 0.05) is 0 Å². The fourth-order valence-electron chi connectivity index (χ4n) is 1.75. The highest BCUT2D eigenvalue weighted by Gasteiger charge is 2.12. The number of allylic oxidation sites excluding steroid dienone is 4. The first-order valence-corrected chi connectivity index (χ1v) is 5.09. The van der Waals surface area contributed by atoms with Crippen LogP contribution in [0.5, 0.6) is 0 Å². The molecule has 0 saturated carbocycles. The van der Waals surface area contributed by atoms with Crippen LogP contribution < -0.4 is 0 Å². The van der Waals surface area contributed by atoms with Crippen LogP contribution in [0.3, 0.4) is 0 Å². The first-order chi connectivity index (χ1) is 5.74. The molecule has 0 amide bonds. The van der Waals surface area contributed by atoms with Crippen molar-refractivity contribution in [3.05, 3.63) is 23.3 Å². The van der Waals surface area contributed by atoms with Gasteiger partial charge in [-0.2, -0.15) is 0 Å². The zero-order chi connectivity index (χ0) is 8.97. The maximum Gasteiger partial charge on any atom is -0.0254 e. The summed E-state index contributed by atoms with van der Waals surface area (Å²) in [5.74, 6) is 0.894. The third-order valence-electron chi connectivity index (χ3n) is 2.68. The van der Waals surface area contributed by atoms with Crippen LogP contribution in [0.1, 0.15) is 46.5 Å². The van der Waals surface area contributed by atoms with Gasteiger partial charge in [-0.15, -0.1) is 0 Å². The van der Waals surface area contributed by atoms with Crippen molar-refractivity contribution in [1.29, 1.82) is 0 Å². The molecule has 1 rings (SSSR count). The number of hydrogen-bond donors (Lipinski definition) is 0. The van der Waals surface area contributed by atoms with Gasteiger partial charge in [-0.3, -0.25) is 0 Å². The number of hydrogen-bond acceptors (Lipinski definition) is 0. The van der Waals surface area contributed by atoms with Gasteiger partial charge < -0.3 is 0 Å². The van der Waals surface area contributed by atoms with E-state index >= 15 is 0 Å². The van der Waals surface area contributed by atoms with Crippen LogP contribution in [-0.4, -0.2) is 0 Å². The summed E-state index contributed by atoms with van der Waals surface area (Å²) in [5, 5.41) is 0. The molecule has 0 saturated heterocycles. The predicted molar refractivity (Wildman–Crippen MR) is 55.1 cm³/mol. The molecule has 0 fully saturated rings. The van der Waals surface area contributed by atoms with E-state index in [4.69, 9.17) is 0 Å². The van der Waals surface area contributed by atoms with E-state index in [1.165, 1.54) is 19.3 Å². The molecule has 1 atom stereocenters. The lowest BCUT2D eigenvalue weighted by molar-refractivity contribution is 0.502. The van der Waals surface area contributed by atoms with Crippen LogP contribution in [0.2, 0.25) is 0 Å². The van der Waals surface area contributed by atoms with Crippen LogP contribution in [0.25, 0.3) is 0 Å². The standard InChI is InChI=1S/C12H20/c1-4-5-6-12-9-10(2)7-8-11(12)3/h5-6,10H,4,7-9H2,1-3H3/b6-5-. The summed E-state index contributed by atoms with van der Waals surface area (Å²) in [7, 11) is 0. The third kappa shape index (κ3) is 2.51. The van der Waals surface area contributed by atoms with Crippen LogP contribution in [0, 0.1) is 5.92 Å².